The van der Waals surface area contributed by atoms with Gasteiger partial charge in [-0.05, 0) is 30.5 Å². The highest BCUT2D eigenvalue weighted by atomic mass is 35.5. The second-order valence-electron chi connectivity index (χ2n) is 5.21. The fourth-order valence-corrected chi connectivity index (χ4v) is 2.80. The van der Waals surface area contributed by atoms with E-state index in [-0.39, 0.29) is 12.0 Å². The zero-order chi connectivity index (χ0) is 15.6. The number of nitrogens with two attached hydrogens (primary N) is 1. The Morgan fingerprint density at radius 2 is 1.86 bits per heavy atom. The Labute approximate surface area is 134 Å². The Hall–Kier alpha value is -1.52. The maximum atomic E-state index is 6.24. The number of nitrogens with zero attached hydrogens (tertiary/aromatic N) is 2. The van der Waals surface area contributed by atoms with E-state index in [1.165, 1.54) is 6.33 Å². The van der Waals surface area contributed by atoms with Crippen LogP contribution in [0.4, 0.5) is 11.6 Å². The molecule has 2 aromatic rings. The lowest BCUT2D eigenvalue weighted by Crippen LogP contribution is -2.13. The van der Waals surface area contributed by atoms with Crippen molar-refractivity contribution in [3.63, 3.8) is 0 Å². The summed E-state index contributed by atoms with van der Waals surface area (Å²) in [5.41, 5.74) is 7.82. The molecular formula is C15H18Cl2N4. The normalized spacial score (nSPS) is 12.5. The first kappa shape index (κ1) is 15.9. The van der Waals surface area contributed by atoms with E-state index in [4.69, 9.17) is 28.9 Å². The summed E-state index contributed by atoms with van der Waals surface area (Å²) >= 11 is 12.2. The molecule has 4 nitrogen and oxygen atoms in total. The van der Waals surface area contributed by atoms with Gasteiger partial charge in [0.1, 0.15) is 18.0 Å². The summed E-state index contributed by atoms with van der Waals surface area (Å²) in [7, 11) is 0. The van der Waals surface area contributed by atoms with E-state index in [9.17, 15) is 0 Å². The van der Waals surface area contributed by atoms with Gasteiger partial charge in [-0.3, -0.25) is 0 Å². The highest BCUT2D eigenvalue weighted by molar-refractivity contribution is 6.35. The average molecular weight is 325 g/mol. The molecule has 0 aliphatic heterocycles. The lowest BCUT2D eigenvalue weighted by atomic mass is 10.0. The third-order valence-corrected chi connectivity index (χ3v) is 3.84. The summed E-state index contributed by atoms with van der Waals surface area (Å²) in [4.78, 5) is 8.36. The van der Waals surface area contributed by atoms with Crippen LogP contribution in [0.1, 0.15) is 43.9 Å². The number of hydrogen-bond donors (Lipinski definition) is 2. The lowest BCUT2D eigenvalue weighted by Gasteiger charge is -2.20. The Morgan fingerprint density at radius 1 is 1.14 bits per heavy atom. The molecule has 0 amide bonds. The van der Waals surface area contributed by atoms with Crippen molar-refractivity contribution in [3.05, 3.63) is 45.7 Å². The fourth-order valence-electron chi connectivity index (χ4n) is 2.23. The van der Waals surface area contributed by atoms with Gasteiger partial charge in [-0.2, -0.15) is 0 Å². The van der Waals surface area contributed by atoms with Crippen molar-refractivity contribution >= 4 is 34.8 Å². The molecule has 1 heterocycles. The summed E-state index contributed by atoms with van der Waals surface area (Å²) in [5.74, 6) is 1.45. The number of nitrogens with one attached hydrogen (secondary N) is 1. The monoisotopic (exact) mass is 324 g/mol. The number of aromatic nitrogens is 2. The number of halogens is 2. The van der Waals surface area contributed by atoms with Crippen molar-refractivity contribution in [3.8, 4) is 0 Å². The molecule has 0 aliphatic rings. The highest BCUT2D eigenvalue weighted by Crippen LogP contribution is 2.32. The van der Waals surface area contributed by atoms with Crippen LogP contribution in [-0.2, 0) is 0 Å². The minimum atomic E-state index is -0.0263. The predicted molar refractivity (Wildman–Crippen MR) is 89.0 cm³/mol. The van der Waals surface area contributed by atoms with E-state index >= 15 is 0 Å². The molecule has 21 heavy (non-hydrogen) atoms. The van der Waals surface area contributed by atoms with Crippen LogP contribution in [0.5, 0.6) is 0 Å². The van der Waals surface area contributed by atoms with Gasteiger partial charge >= 0.3 is 0 Å². The zero-order valence-corrected chi connectivity index (χ0v) is 13.7. The van der Waals surface area contributed by atoms with Gasteiger partial charge in [0.2, 0.25) is 0 Å². The molecule has 3 N–H and O–H groups in total. The van der Waals surface area contributed by atoms with Gasteiger partial charge in [0, 0.05) is 15.6 Å². The van der Waals surface area contributed by atoms with Crippen molar-refractivity contribution in [1.29, 1.82) is 0 Å². The van der Waals surface area contributed by atoms with Gasteiger partial charge in [0.25, 0.3) is 0 Å². The Morgan fingerprint density at radius 3 is 2.48 bits per heavy atom. The van der Waals surface area contributed by atoms with Gasteiger partial charge in [0.15, 0.2) is 0 Å². The Bertz CT molecular complexity index is 644. The van der Waals surface area contributed by atoms with Crippen molar-refractivity contribution in [2.45, 2.75) is 32.7 Å². The predicted octanol–water partition coefficient (Wildman–Crippen LogP) is 4.66. The third-order valence-electron chi connectivity index (χ3n) is 3.27. The van der Waals surface area contributed by atoms with Gasteiger partial charge in [-0.1, -0.05) is 43.1 Å². The SMILES string of the molecule is CC(C)c1c(N)ncnc1NC(C)c1ccc(Cl)cc1Cl. The van der Waals surface area contributed by atoms with E-state index in [1.807, 2.05) is 19.1 Å². The van der Waals surface area contributed by atoms with Crippen LogP contribution in [0.25, 0.3) is 0 Å². The Balaban J connectivity index is 2.31. The number of anilines is 2. The molecule has 112 valence electrons. The quantitative estimate of drug-likeness (QED) is 0.858. The average Bonchev–Trinajstić information content (AvgIpc) is 2.37. The van der Waals surface area contributed by atoms with Crippen LogP contribution >= 0.6 is 23.2 Å². The Kier molecular flexibility index (Phi) is 4.91. The van der Waals surface area contributed by atoms with Crippen LogP contribution < -0.4 is 11.1 Å². The van der Waals surface area contributed by atoms with Crippen molar-refractivity contribution < 1.29 is 0 Å². The molecular weight excluding hydrogens is 307 g/mol. The molecule has 2 rings (SSSR count). The van der Waals surface area contributed by atoms with Crippen LogP contribution in [0.2, 0.25) is 10.0 Å². The minimum Gasteiger partial charge on any atom is -0.383 e. The third kappa shape index (κ3) is 3.57. The smallest absolute Gasteiger partial charge is 0.135 e. The van der Waals surface area contributed by atoms with Crippen molar-refractivity contribution in [2.24, 2.45) is 0 Å². The molecule has 0 aliphatic carbocycles. The van der Waals surface area contributed by atoms with Crippen LogP contribution in [0.15, 0.2) is 24.5 Å². The lowest BCUT2D eigenvalue weighted by molar-refractivity contribution is 0.822. The second-order valence-corrected chi connectivity index (χ2v) is 6.05. The number of nitrogen functional groups attached to an aromatic ring is 1. The van der Waals surface area contributed by atoms with E-state index < -0.39 is 0 Å². The van der Waals surface area contributed by atoms with Gasteiger partial charge in [-0.15, -0.1) is 0 Å². The summed E-state index contributed by atoms with van der Waals surface area (Å²) in [6.07, 6.45) is 1.46. The maximum absolute atomic E-state index is 6.24. The molecule has 6 heteroatoms. The van der Waals surface area contributed by atoms with Gasteiger partial charge in [-0.25, -0.2) is 9.97 Å². The molecule has 1 atom stereocenters. The molecule has 0 radical (unpaired) electrons. The molecule has 0 fully saturated rings. The molecule has 0 saturated heterocycles. The standard InChI is InChI=1S/C15H18Cl2N4/c1-8(2)13-14(18)19-7-20-15(13)21-9(3)11-5-4-10(16)6-12(11)17/h4-9H,1-3H3,(H3,18,19,20,21). The zero-order valence-electron chi connectivity index (χ0n) is 12.2. The van der Waals surface area contributed by atoms with E-state index in [0.29, 0.717) is 15.9 Å². The van der Waals surface area contributed by atoms with Crippen LogP contribution in [-0.4, -0.2) is 9.97 Å². The summed E-state index contributed by atoms with van der Waals surface area (Å²) in [5, 5.41) is 4.59. The van der Waals surface area contributed by atoms with Crippen molar-refractivity contribution in [2.75, 3.05) is 11.1 Å². The first-order valence-electron chi connectivity index (χ1n) is 6.72. The molecule has 1 unspecified atom stereocenters. The van der Waals surface area contributed by atoms with Crippen molar-refractivity contribution in [1.82, 2.24) is 9.97 Å². The number of benzene rings is 1. The van der Waals surface area contributed by atoms with Crippen LogP contribution in [0, 0.1) is 0 Å². The fraction of sp³-hybridized carbons (Fsp3) is 0.333. The summed E-state index contributed by atoms with van der Waals surface area (Å²) in [6, 6.07) is 5.43. The second kappa shape index (κ2) is 6.50. The first-order chi connectivity index (χ1) is 9.90. The molecule has 1 aromatic heterocycles. The van der Waals surface area contributed by atoms with Gasteiger partial charge < -0.3 is 11.1 Å². The van der Waals surface area contributed by atoms with Gasteiger partial charge in [0.05, 0.1) is 6.04 Å². The molecule has 0 spiro atoms. The van der Waals surface area contributed by atoms with E-state index in [0.717, 1.165) is 16.9 Å². The summed E-state index contributed by atoms with van der Waals surface area (Å²) < 4.78 is 0. The number of hydrogen-bond acceptors (Lipinski definition) is 4. The highest BCUT2D eigenvalue weighted by Gasteiger charge is 2.16. The van der Waals surface area contributed by atoms with E-state index in [1.54, 1.807) is 6.07 Å². The maximum Gasteiger partial charge on any atom is 0.135 e. The molecule has 0 saturated carbocycles. The molecule has 1 aromatic carbocycles. The molecule has 0 bridgehead atoms. The van der Waals surface area contributed by atoms with Crippen LogP contribution in [0.3, 0.4) is 0 Å². The number of rotatable bonds is 4. The topological polar surface area (TPSA) is 63.8 Å². The summed E-state index contributed by atoms with van der Waals surface area (Å²) in [6.45, 7) is 6.12. The first-order valence-corrected chi connectivity index (χ1v) is 7.47. The van der Waals surface area contributed by atoms with E-state index in [2.05, 4.69) is 29.1 Å². The minimum absolute atomic E-state index is 0.0263. The largest absolute Gasteiger partial charge is 0.383 e.